The van der Waals surface area contributed by atoms with E-state index in [-0.39, 0.29) is 5.91 Å². The van der Waals surface area contributed by atoms with Crippen LogP contribution in [0.15, 0.2) is 89.8 Å². The number of carbonyl (C=O) groups excluding carboxylic acids is 1. The first kappa shape index (κ1) is 22.4. The highest BCUT2D eigenvalue weighted by molar-refractivity contribution is 6.30. The maximum Gasteiger partial charge on any atom is 0.278 e. The van der Waals surface area contributed by atoms with Gasteiger partial charge in [0.15, 0.2) is 0 Å². The molecule has 2 heterocycles. The largest absolute Gasteiger partial charge is 0.497 e. The molecule has 3 aromatic carbocycles. The number of nitrogens with one attached hydrogen (secondary N) is 1. The number of amides is 1. The van der Waals surface area contributed by atoms with Crippen LogP contribution in [0.3, 0.4) is 0 Å². The second-order valence-electron chi connectivity index (χ2n) is 7.74. The summed E-state index contributed by atoms with van der Waals surface area (Å²) >= 11 is 5.94. The van der Waals surface area contributed by atoms with Gasteiger partial charge in [0.05, 0.1) is 13.4 Å². The number of ether oxygens (including phenoxy) is 1. The van der Waals surface area contributed by atoms with Crippen LogP contribution in [0, 0.1) is 0 Å². The highest BCUT2D eigenvalue weighted by atomic mass is 35.5. The zero-order valence-corrected chi connectivity index (χ0v) is 19.4. The van der Waals surface area contributed by atoms with Crippen molar-refractivity contribution in [1.29, 1.82) is 0 Å². The van der Waals surface area contributed by atoms with Gasteiger partial charge in [0.1, 0.15) is 11.4 Å². The third-order valence-corrected chi connectivity index (χ3v) is 5.56. The SMILES string of the molecule is COc1ccc(C(=O)Nc2ccc(Cn3cnc(-c4nc(-c5ccc(Cl)cc5)no4)c3)cc2)cc1. The summed E-state index contributed by atoms with van der Waals surface area (Å²) in [7, 11) is 1.59. The van der Waals surface area contributed by atoms with E-state index in [1.807, 2.05) is 47.2 Å². The standard InChI is InChI=1S/C26H20ClN5O3/c1-34-22-12-6-19(7-13-22)25(33)29-21-10-2-17(3-11-21)14-32-15-23(28-16-32)26-30-24(31-35-26)18-4-8-20(27)9-5-18/h2-13,15-16H,14H2,1H3,(H,29,33). The molecule has 5 aromatic rings. The van der Waals surface area contributed by atoms with Gasteiger partial charge in [-0.25, -0.2) is 4.98 Å². The molecule has 174 valence electrons. The molecule has 0 atom stereocenters. The molecule has 8 nitrogen and oxygen atoms in total. The highest BCUT2D eigenvalue weighted by Gasteiger charge is 2.13. The summed E-state index contributed by atoms with van der Waals surface area (Å²) in [6.45, 7) is 0.595. The van der Waals surface area contributed by atoms with Crippen LogP contribution < -0.4 is 10.1 Å². The number of halogens is 1. The molecule has 1 amide bonds. The van der Waals surface area contributed by atoms with Crippen LogP contribution in [0.1, 0.15) is 15.9 Å². The fourth-order valence-corrected chi connectivity index (χ4v) is 3.58. The van der Waals surface area contributed by atoms with E-state index >= 15 is 0 Å². The van der Waals surface area contributed by atoms with Crippen LogP contribution in [0.25, 0.3) is 23.0 Å². The van der Waals surface area contributed by atoms with E-state index < -0.39 is 0 Å². The number of benzene rings is 3. The van der Waals surface area contributed by atoms with Crippen LogP contribution in [-0.4, -0.2) is 32.7 Å². The van der Waals surface area contributed by atoms with Crippen LogP contribution in [0.2, 0.25) is 5.02 Å². The van der Waals surface area contributed by atoms with Crippen molar-refractivity contribution in [3.63, 3.8) is 0 Å². The van der Waals surface area contributed by atoms with Crippen LogP contribution in [-0.2, 0) is 6.54 Å². The van der Waals surface area contributed by atoms with E-state index in [4.69, 9.17) is 20.9 Å². The maximum absolute atomic E-state index is 12.4. The van der Waals surface area contributed by atoms with E-state index in [9.17, 15) is 4.79 Å². The van der Waals surface area contributed by atoms with Gasteiger partial charge < -0.3 is 19.1 Å². The molecule has 0 saturated carbocycles. The summed E-state index contributed by atoms with van der Waals surface area (Å²) in [4.78, 5) is 21.3. The number of imidazole rings is 1. The van der Waals surface area contributed by atoms with Gasteiger partial charge in [-0.3, -0.25) is 4.79 Å². The van der Waals surface area contributed by atoms with Gasteiger partial charge in [0.25, 0.3) is 11.8 Å². The monoisotopic (exact) mass is 485 g/mol. The summed E-state index contributed by atoms with van der Waals surface area (Å²) in [5.41, 5.74) is 3.70. The summed E-state index contributed by atoms with van der Waals surface area (Å²) in [6.07, 6.45) is 3.55. The van der Waals surface area contributed by atoms with Crippen molar-refractivity contribution >= 4 is 23.2 Å². The number of hydrogen-bond acceptors (Lipinski definition) is 6. The van der Waals surface area contributed by atoms with Crippen molar-refractivity contribution in [2.75, 3.05) is 12.4 Å². The maximum atomic E-state index is 12.4. The van der Waals surface area contributed by atoms with E-state index in [0.717, 1.165) is 11.1 Å². The predicted molar refractivity (Wildman–Crippen MR) is 132 cm³/mol. The molecule has 0 spiro atoms. The third-order valence-electron chi connectivity index (χ3n) is 5.31. The fourth-order valence-electron chi connectivity index (χ4n) is 3.45. The minimum Gasteiger partial charge on any atom is -0.497 e. The molecule has 35 heavy (non-hydrogen) atoms. The average Bonchev–Trinajstić information content (AvgIpc) is 3.56. The van der Waals surface area contributed by atoms with Gasteiger partial charge in [-0.1, -0.05) is 28.9 Å². The Kier molecular flexibility index (Phi) is 6.28. The number of anilines is 1. The highest BCUT2D eigenvalue weighted by Crippen LogP contribution is 2.23. The van der Waals surface area contributed by atoms with Crippen molar-refractivity contribution in [2.24, 2.45) is 0 Å². The molecule has 0 aliphatic carbocycles. The number of nitrogens with zero attached hydrogens (tertiary/aromatic N) is 4. The van der Waals surface area contributed by atoms with E-state index in [0.29, 0.717) is 46.0 Å². The van der Waals surface area contributed by atoms with Crippen molar-refractivity contribution < 1.29 is 14.1 Å². The third kappa shape index (κ3) is 5.23. The van der Waals surface area contributed by atoms with Crippen LogP contribution in [0.5, 0.6) is 5.75 Å². The summed E-state index contributed by atoms with van der Waals surface area (Å²) < 4.78 is 12.4. The summed E-state index contributed by atoms with van der Waals surface area (Å²) in [6, 6.07) is 21.8. The minimum atomic E-state index is -0.183. The van der Waals surface area contributed by atoms with Crippen molar-refractivity contribution in [1.82, 2.24) is 19.7 Å². The fraction of sp³-hybridized carbons (Fsp3) is 0.0769. The van der Waals surface area contributed by atoms with Gasteiger partial charge in [0.2, 0.25) is 5.82 Å². The molecule has 0 fully saturated rings. The zero-order chi connectivity index (χ0) is 24.2. The Morgan fingerprint density at radius 2 is 1.77 bits per heavy atom. The Hall–Kier alpha value is -4.43. The molecule has 9 heteroatoms. The molecule has 2 aromatic heterocycles. The molecule has 0 aliphatic heterocycles. The Balaban J connectivity index is 1.22. The van der Waals surface area contributed by atoms with Crippen molar-refractivity contribution in [3.8, 4) is 28.7 Å². The number of aromatic nitrogens is 4. The first-order chi connectivity index (χ1) is 17.1. The Morgan fingerprint density at radius 1 is 1.03 bits per heavy atom. The lowest BCUT2D eigenvalue weighted by atomic mass is 10.1. The molecule has 0 bridgehead atoms. The second-order valence-corrected chi connectivity index (χ2v) is 8.18. The van der Waals surface area contributed by atoms with Gasteiger partial charge in [-0.2, -0.15) is 4.98 Å². The number of methoxy groups -OCH3 is 1. The Morgan fingerprint density at radius 3 is 2.49 bits per heavy atom. The summed E-state index contributed by atoms with van der Waals surface area (Å²) in [5.74, 6) is 1.33. The Bertz CT molecular complexity index is 1440. The van der Waals surface area contributed by atoms with Gasteiger partial charge in [-0.05, 0) is 66.2 Å². The molecular weight excluding hydrogens is 466 g/mol. The van der Waals surface area contributed by atoms with Crippen molar-refractivity contribution in [3.05, 3.63) is 101 Å². The topological polar surface area (TPSA) is 95.1 Å². The normalized spacial score (nSPS) is 10.8. The molecule has 0 saturated heterocycles. The molecule has 1 N–H and O–H groups in total. The molecular formula is C26H20ClN5O3. The average molecular weight is 486 g/mol. The summed E-state index contributed by atoms with van der Waals surface area (Å²) in [5, 5.41) is 7.57. The Labute approximate surface area is 206 Å². The van der Waals surface area contributed by atoms with Crippen LogP contribution in [0.4, 0.5) is 5.69 Å². The molecule has 0 aliphatic rings. The zero-order valence-electron chi connectivity index (χ0n) is 18.7. The lowest BCUT2D eigenvalue weighted by molar-refractivity contribution is 0.102. The molecule has 5 rings (SSSR count). The minimum absolute atomic E-state index is 0.183. The quantitative estimate of drug-likeness (QED) is 0.324. The molecule has 0 radical (unpaired) electrons. The number of rotatable bonds is 7. The lowest BCUT2D eigenvalue weighted by Gasteiger charge is -2.08. The van der Waals surface area contributed by atoms with E-state index in [1.54, 1.807) is 49.8 Å². The predicted octanol–water partition coefficient (Wildman–Crippen LogP) is 5.56. The first-order valence-electron chi connectivity index (χ1n) is 10.7. The molecule has 0 unspecified atom stereocenters. The smallest absolute Gasteiger partial charge is 0.278 e. The second kappa shape index (κ2) is 9.82. The van der Waals surface area contributed by atoms with Crippen LogP contribution >= 0.6 is 11.6 Å². The van der Waals surface area contributed by atoms with Gasteiger partial charge in [0, 0.05) is 34.6 Å². The van der Waals surface area contributed by atoms with E-state index in [1.165, 1.54) is 0 Å². The van der Waals surface area contributed by atoms with Gasteiger partial charge in [-0.15, -0.1) is 0 Å². The van der Waals surface area contributed by atoms with Gasteiger partial charge >= 0.3 is 0 Å². The number of carbonyl (C=O) groups is 1. The lowest BCUT2D eigenvalue weighted by Crippen LogP contribution is -2.11. The first-order valence-corrected chi connectivity index (χ1v) is 11.1. The van der Waals surface area contributed by atoms with E-state index in [2.05, 4.69) is 20.4 Å². The number of hydrogen-bond donors (Lipinski definition) is 1. The van der Waals surface area contributed by atoms with Crippen molar-refractivity contribution in [2.45, 2.75) is 6.54 Å².